The lowest BCUT2D eigenvalue weighted by atomic mass is 10.1. The molecule has 1 aromatic carbocycles. The van der Waals surface area contributed by atoms with Gasteiger partial charge in [-0.25, -0.2) is 4.98 Å². The van der Waals surface area contributed by atoms with Gasteiger partial charge >= 0.3 is 0 Å². The summed E-state index contributed by atoms with van der Waals surface area (Å²) >= 11 is 4.76. The number of benzene rings is 1. The van der Waals surface area contributed by atoms with E-state index in [9.17, 15) is 10.1 Å². The van der Waals surface area contributed by atoms with E-state index in [2.05, 4.69) is 4.98 Å². The van der Waals surface area contributed by atoms with E-state index in [1.807, 2.05) is 6.07 Å². The molecule has 0 radical (unpaired) electrons. The summed E-state index contributed by atoms with van der Waals surface area (Å²) in [6.45, 7) is 0. The van der Waals surface area contributed by atoms with Crippen LogP contribution in [-0.4, -0.2) is 14.9 Å². The molecule has 0 saturated heterocycles. The lowest BCUT2D eigenvalue weighted by Gasteiger charge is -2.04. The number of nitrogens with two attached hydrogens (primary N) is 1. The van der Waals surface area contributed by atoms with E-state index in [-0.39, 0.29) is 22.1 Å². The van der Waals surface area contributed by atoms with Crippen molar-refractivity contribution in [2.24, 2.45) is 5.73 Å². The number of ether oxygens (including phenoxy) is 1. The molecule has 0 atom stereocenters. The lowest BCUT2D eigenvalue weighted by molar-refractivity contribution is -0.385. The van der Waals surface area contributed by atoms with Gasteiger partial charge in [0, 0.05) is 12.1 Å². The monoisotopic (exact) mass is 326 g/mol. The van der Waals surface area contributed by atoms with Gasteiger partial charge in [-0.05, 0) is 23.8 Å². The van der Waals surface area contributed by atoms with Crippen LogP contribution in [0.15, 0.2) is 48.2 Å². The Labute approximate surface area is 136 Å². The molecule has 0 aliphatic heterocycles. The predicted molar refractivity (Wildman–Crippen MR) is 87.8 cm³/mol. The normalized spacial score (nSPS) is 10.7. The molecule has 23 heavy (non-hydrogen) atoms. The Morgan fingerprint density at radius 1 is 1.35 bits per heavy atom. The van der Waals surface area contributed by atoms with Gasteiger partial charge in [-0.1, -0.05) is 24.4 Å². The number of nitriles is 1. The molecule has 2 rings (SSSR count). The number of hydrogen-bond donors (Lipinski definition) is 1. The average Bonchev–Trinajstić information content (AvgIpc) is 2.54. The summed E-state index contributed by atoms with van der Waals surface area (Å²) in [6, 6.07) is 11.4. The maximum absolute atomic E-state index is 10.5. The first-order valence-electron chi connectivity index (χ1n) is 6.29. The second-order valence-corrected chi connectivity index (χ2v) is 4.76. The smallest absolute Gasteiger partial charge is 0.287 e. The van der Waals surface area contributed by atoms with Gasteiger partial charge in [-0.15, -0.1) is 0 Å². The average molecular weight is 326 g/mol. The summed E-state index contributed by atoms with van der Waals surface area (Å²) in [4.78, 5) is 13.9. The summed E-state index contributed by atoms with van der Waals surface area (Å²) in [5.74, 6) is 0.733. The third-order valence-electron chi connectivity index (χ3n) is 2.73. The second-order valence-electron chi connectivity index (χ2n) is 4.32. The van der Waals surface area contributed by atoms with E-state index < -0.39 is 4.92 Å². The van der Waals surface area contributed by atoms with E-state index in [1.165, 1.54) is 12.1 Å². The van der Waals surface area contributed by atoms with Crippen LogP contribution >= 0.6 is 12.2 Å². The van der Waals surface area contributed by atoms with Crippen molar-refractivity contribution in [3.8, 4) is 17.7 Å². The van der Waals surface area contributed by atoms with Crippen molar-refractivity contribution in [1.29, 1.82) is 5.26 Å². The summed E-state index contributed by atoms with van der Waals surface area (Å²) in [5.41, 5.74) is 6.26. The first-order valence-corrected chi connectivity index (χ1v) is 6.70. The van der Waals surface area contributed by atoms with Gasteiger partial charge in [0.05, 0.1) is 10.5 Å². The van der Waals surface area contributed by atoms with Crippen molar-refractivity contribution < 1.29 is 9.66 Å². The highest BCUT2D eigenvalue weighted by Crippen LogP contribution is 2.22. The first kappa shape index (κ1) is 16.1. The minimum absolute atomic E-state index is 0.0305. The van der Waals surface area contributed by atoms with Gasteiger partial charge in [0.15, 0.2) is 0 Å². The molecule has 0 spiro atoms. The number of aromatic nitrogens is 1. The second kappa shape index (κ2) is 7.11. The Morgan fingerprint density at radius 3 is 2.52 bits per heavy atom. The van der Waals surface area contributed by atoms with Gasteiger partial charge in [0.1, 0.15) is 23.0 Å². The lowest BCUT2D eigenvalue weighted by Crippen LogP contribution is -2.09. The number of nitrogens with zero attached hydrogens (tertiary/aromatic N) is 3. The third-order valence-corrected chi connectivity index (χ3v) is 2.95. The Hall–Kier alpha value is -3.31. The Morgan fingerprint density at radius 2 is 2.04 bits per heavy atom. The Balaban J connectivity index is 2.12. The molecule has 1 heterocycles. The van der Waals surface area contributed by atoms with Gasteiger partial charge in [-0.2, -0.15) is 5.26 Å². The zero-order chi connectivity index (χ0) is 16.8. The summed E-state index contributed by atoms with van der Waals surface area (Å²) < 4.78 is 5.48. The Bertz CT molecular complexity index is 808. The van der Waals surface area contributed by atoms with Crippen LogP contribution in [0.3, 0.4) is 0 Å². The molecular formula is C15H10N4O3S. The number of hydrogen-bond acceptors (Lipinski definition) is 6. The third kappa shape index (κ3) is 4.33. The minimum Gasteiger partial charge on any atom is -0.439 e. The molecular weight excluding hydrogens is 316 g/mol. The highest BCUT2D eigenvalue weighted by molar-refractivity contribution is 7.80. The van der Waals surface area contributed by atoms with Gasteiger partial charge < -0.3 is 10.5 Å². The standard InChI is InChI=1S/C15H10N4O3S/c16-8-11(15(17)23)7-10-1-4-13(5-2-10)22-14-6-3-12(9-18-14)19(20)21/h1-7,9H,(H2,17,23)/b11-7-. The van der Waals surface area contributed by atoms with Crippen molar-refractivity contribution in [3.05, 3.63) is 63.8 Å². The molecule has 7 nitrogen and oxygen atoms in total. The predicted octanol–water partition coefficient (Wildman–Crippen LogP) is 2.98. The number of rotatable bonds is 5. The Kier molecular flexibility index (Phi) is 4.96. The molecule has 8 heteroatoms. The minimum atomic E-state index is -0.535. The highest BCUT2D eigenvalue weighted by atomic mass is 32.1. The molecule has 0 fully saturated rings. The largest absolute Gasteiger partial charge is 0.439 e. The summed E-state index contributed by atoms with van der Waals surface area (Å²) in [7, 11) is 0. The SMILES string of the molecule is N#C/C(=C/c1ccc(Oc2ccc([N+](=O)[O-])cn2)cc1)C(N)=S. The molecule has 0 saturated carbocycles. The van der Waals surface area contributed by atoms with Crippen LogP contribution in [0, 0.1) is 21.4 Å². The molecule has 2 aromatic rings. The van der Waals surface area contributed by atoms with E-state index in [4.69, 9.17) is 28.0 Å². The summed E-state index contributed by atoms with van der Waals surface area (Å²) in [6.07, 6.45) is 2.68. The molecule has 0 unspecified atom stereocenters. The quantitative estimate of drug-likeness (QED) is 0.295. The molecule has 0 bridgehead atoms. The van der Waals surface area contributed by atoms with Crippen LogP contribution in [0.2, 0.25) is 0 Å². The number of thiocarbonyl (C=S) groups is 1. The maximum atomic E-state index is 10.5. The number of nitro groups is 1. The molecule has 0 amide bonds. The van der Waals surface area contributed by atoms with Crippen molar-refractivity contribution in [2.75, 3.05) is 0 Å². The molecule has 2 N–H and O–H groups in total. The van der Waals surface area contributed by atoms with E-state index in [1.54, 1.807) is 30.3 Å². The van der Waals surface area contributed by atoms with Crippen LogP contribution in [0.4, 0.5) is 5.69 Å². The van der Waals surface area contributed by atoms with Crippen LogP contribution < -0.4 is 10.5 Å². The van der Waals surface area contributed by atoms with Crippen molar-refractivity contribution in [2.45, 2.75) is 0 Å². The van der Waals surface area contributed by atoms with Crippen molar-refractivity contribution >= 4 is 29.0 Å². The van der Waals surface area contributed by atoms with Crippen LogP contribution in [0.1, 0.15) is 5.56 Å². The zero-order valence-electron chi connectivity index (χ0n) is 11.7. The van der Waals surface area contributed by atoms with Crippen LogP contribution in [-0.2, 0) is 0 Å². The van der Waals surface area contributed by atoms with Gasteiger partial charge in [0.2, 0.25) is 5.88 Å². The molecule has 0 aliphatic rings. The fourth-order valence-corrected chi connectivity index (χ4v) is 1.72. The van der Waals surface area contributed by atoms with E-state index in [0.717, 1.165) is 11.8 Å². The van der Waals surface area contributed by atoms with Crippen LogP contribution in [0.5, 0.6) is 11.6 Å². The molecule has 1 aromatic heterocycles. The maximum Gasteiger partial charge on any atom is 0.287 e. The van der Waals surface area contributed by atoms with E-state index in [0.29, 0.717) is 5.75 Å². The highest BCUT2D eigenvalue weighted by Gasteiger charge is 2.06. The van der Waals surface area contributed by atoms with Gasteiger partial charge in [0.25, 0.3) is 5.69 Å². The van der Waals surface area contributed by atoms with Crippen molar-refractivity contribution in [1.82, 2.24) is 4.98 Å². The van der Waals surface area contributed by atoms with Gasteiger partial charge in [-0.3, -0.25) is 10.1 Å². The molecule has 0 aliphatic carbocycles. The zero-order valence-corrected chi connectivity index (χ0v) is 12.5. The topological polar surface area (TPSA) is 115 Å². The first-order chi connectivity index (χ1) is 11.0. The fourth-order valence-electron chi connectivity index (χ4n) is 1.62. The van der Waals surface area contributed by atoms with Crippen molar-refractivity contribution in [3.63, 3.8) is 0 Å². The fraction of sp³-hybridized carbons (Fsp3) is 0. The van der Waals surface area contributed by atoms with Crippen LogP contribution in [0.25, 0.3) is 6.08 Å². The molecule has 114 valence electrons. The summed E-state index contributed by atoms with van der Waals surface area (Å²) in [5, 5.41) is 19.4. The number of pyridine rings is 1. The van der Waals surface area contributed by atoms with E-state index >= 15 is 0 Å².